The summed E-state index contributed by atoms with van der Waals surface area (Å²) in [5, 5.41) is 0. The van der Waals surface area contributed by atoms with Crippen LogP contribution in [0.2, 0.25) is 0 Å². The zero-order chi connectivity index (χ0) is 12.8. The van der Waals surface area contributed by atoms with E-state index < -0.39 is 0 Å². The van der Waals surface area contributed by atoms with Gasteiger partial charge in [-0.05, 0) is 45.6 Å². The van der Waals surface area contributed by atoms with Crippen LogP contribution in [-0.2, 0) is 9.53 Å². The first-order chi connectivity index (χ1) is 8.04. The minimum absolute atomic E-state index is 0.226. The fraction of sp³-hybridized carbons (Fsp3) is 0.786. The molecule has 3 nitrogen and oxygen atoms in total. The number of methoxy groups -OCH3 is 1. The van der Waals surface area contributed by atoms with Gasteiger partial charge in [-0.15, -0.1) is 0 Å². The van der Waals surface area contributed by atoms with Crippen molar-refractivity contribution in [2.24, 2.45) is 5.92 Å². The van der Waals surface area contributed by atoms with Gasteiger partial charge in [-0.25, -0.2) is 4.79 Å². The van der Waals surface area contributed by atoms with Crippen molar-refractivity contribution in [2.45, 2.75) is 45.6 Å². The molecule has 0 atom stereocenters. The van der Waals surface area contributed by atoms with Crippen molar-refractivity contribution in [1.29, 1.82) is 0 Å². The number of hydrogen-bond donors (Lipinski definition) is 0. The summed E-state index contributed by atoms with van der Waals surface area (Å²) in [6, 6.07) is 0.674. The zero-order valence-electron chi connectivity index (χ0n) is 11.5. The van der Waals surface area contributed by atoms with E-state index in [1.54, 1.807) is 0 Å². The van der Waals surface area contributed by atoms with Crippen LogP contribution < -0.4 is 0 Å². The van der Waals surface area contributed by atoms with Crippen LogP contribution in [0.4, 0.5) is 0 Å². The largest absolute Gasteiger partial charge is 0.466 e. The summed E-state index contributed by atoms with van der Waals surface area (Å²) < 4.78 is 4.68. The van der Waals surface area contributed by atoms with E-state index in [0.717, 1.165) is 12.5 Å². The minimum Gasteiger partial charge on any atom is -0.466 e. The molecular weight excluding hydrogens is 214 g/mol. The van der Waals surface area contributed by atoms with Crippen LogP contribution in [0.15, 0.2) is 11.6 Å². The van der Waals surface area contributed by atoms with E-state index >= 15 is 0 Å². The van der Waals surface area contributed by atoms with Crippen molar-refractivity contribution in [1.82, 2.24) is 4.90 Å². The number of carbonyl (C=O) groups excluding carboxylic acids is 1. The van der Waals surface area contributed by atoms with Gasteiger partial charge in [-0.1, -0.05) is 13.0 Å². The van der Waals surface area contributed by atoms with Gasteiger partial charge in [-0.3, -0.25) is 4.90 Å². The molecule has 1 fully saturated rings. The van der Waals surface area contributed by atoms with E-state index in [-0.39, 0.29) is 5.97 Å². The molecule has 0 bridgehead atoms. The Morgan fingerprint density at radius 1 is 1.35 bits per heavy atom. The highest BCUT2D eigenvalue weighted by atomic mass is 16.5. The highest BCUT2D eigenvalue weighted by molar-refractivity contribution is 5.87. The van der Waals surface area contributed by atoms with E-state index in [1.807, 2.05) is 13.0 Å². The zero-order valence-corrected chi connectivity index (χ0v) is 11.5. The topological polar surface area (TPSA) is 29.5 Å². The monoisotopic (exact) mass is 239 g/mol. The molecule has 3 heteroatoms. The number of nitrogens with zero attached hydrogens (tertiary/aromatic N) is 1. The third-order valence-electron chi connectivity index (χ3n) is 3.80. The maximum absolute atomic E-state index is 11.2. The lowest BCUT2D eigenvalue weighted by molar-refractivity contribution is -0.136. The number of esters is 1. The first kappa shape index (κ1) is 14.2. The molecule has 1 aliphatic carbocycles. The van der Waals surface area contributed by atoms with Crippen molar-refractivity contribution in [3.05, 3.63) is 11.6 Å². The molecule has 0 heterocycles. The number of hydrogen-bond acceptors (Lipinski definition) is 3. The lowest BCUT2D eigenvalue weighted by Gasteiger charge is -2.33. The van der Waals surface area contributed by atoms with E-state index in [9.17, 15) is 4.79 Å². The van der Waals surface area contributed by atoms with Crippen molar-refractivity contribution >= 4 is 5.97 Å². The molecule has 0 aromatic rings. The van der Waals surface area contributed by atoms with Gasteiger partial charge < -0.3 is 4.74 Å². The summed E-state index contributed by atoms with van der Waals surface area (Å²) in [7, 11) is 3.56. The molecule has 1 saturated carbocycles. The van der Waals surface area contributed by atoms with Crippen LogP contribution in [0, 0.1) is 5.92 Å². The van der Waals surface area contributed by atoms with Gasteiger partial charge in [0.25, 0.3) is 0 Å². The standard InChI is InChI=1S/C14H25NO2/c1-11-5-7-13(8-6-11)15(3)10-9-12(2)14(16)17-4/h9,11,13H,5-8,10H2,1-4H3. The molecule has 0 aromatic heterocycles. The summed E-state index contributed by atoms with van der Waals surface area (Å²) in [5.74, 6) is 0.655. The predicted octanol–water partition coefficient (Wildman–Crippen LogP) is 2.62. The quantitative estimate of drug-likeness (QED) is 0.558. The minimum atomic E-state index is -0.226. The van der Waals surface area contributed by atoms with E-state index in [2.05, 4.69) is 23.6 Å². The normalized spacial score (nSPS) is 26.1. The van der Waals surface area contributed by atoms with Crippen LogP contribution in [0.3, 0.4) is 0 Å². The molecule has 0 radical (unpaired) electrons. The Bertz CT molecular complexity index is 278. The highest BCUT2D eigenvalue weighted by Crippen LogP contribution is 2.26. The van der Waals surface area contributed by atoms with E-state index in [1.165, 1.54) is 32.8 Å². The smallest absolute Gasteiger partial charge is 0.333 e. The van der Waals surface area contributed by atoms with Crippen molar-refractivity contribution in [2.75, 3.05) is 20.7 Å². The molecule has 1 aliphatic rings. The summed E-state index contributed by atoms with van der Waals surface area (Å²) in [5.41, 5.74) is 0.698. The fourth-order valence-corrected chi connectivity index (χ4v) is 2.36. The molecule has 98 valence electrons. The average molecular weight is 239 g/mol. The summed E-state index contributed by atoms with van der Waals surface area (Å²) >= 11 is 0. The molecule has 0 unspecified atom stereocenters. The SMILES string of the molecule is COC(=O)C(C)=CCN(C)C1CCC(C)CC1. The van der Waals surface area contributed by atoms with Gasteiger partial charge in [-0.2, -0.15) is 0 Å². The third-order valence-corrected chi connectivity index (χ3v) is 3.80. The molecule has 0 N–H and O–H groups in total. The molecule has 0 spiro atoms. The third kappa shape index (κ3) is 4.50. The maximum atomic E-state index is 11.2. The van der Waals surface area contributed by atoms with Gasteiger partial charge in [0.1, 0.15) is 0 Å². The number of ether oxygens (including phenoxy) is 1. The number of likely N-dealkylation sites (N-methyl/N-ethyl adjacent to an activating group) is 1. The predicted molar refractivity (Wildman–Crippen MR) is 69.8 cm³/mol. The van der Waals surface area contributed by atoms with Crippen LogP contribution >= 0.6 is 0 Å². The Kier molecular flexibility index (Phi) is 5.69. The Morgan fingerprint density at radius 3 is 2.47 bits per heavy atom. The van der Waals surface area contributed by atoms with Crippen LogP contribution in [0.5, 0.6) is 0 Å². The first-order valence-electron chi connectivity index (χ1n) is 6.50. The van der Waals surface area contributed by atoms with Crippen molar-refractivity contribution < 1.29 is 9.53 Å². The second kappa shape index (κ2) is 6.80. The lowest BCUT2D eigenvalue weighted by atomic mass is 9.87. The Labute approximate surface area is 105 Å². The number of carbonyl (C=O) groups is 1. The van der Waals surface area contributed by atoms with Crippen LogP contribution in [0.25, 0.3) is 0 Å². The molecule has 0 saturated heterocycles. The van der Waals surface area contributed by atoms with Gasteiger partial charge in [0.15, 0.2) is 0 Å². The summed E-state index contributed by atoms with van der Waals surface area (Å²) in [6.07, 6.45) is 7.18. The molecule has 17 heavy (non-hydrogen) atoms. The Morgan fingerprint density at radius 2 is 1.94 bits per heavy atom. The van der Waals surface area contributed by atoms with Crippen molar-refractivity contribution in [3.63, 3.8) is 0 Å². The first-order valence-corrected chi connectivity index (χ1v) is 6.50. The van der Waals surface area contributed by atoms with E-state index in [4.69, 9.17) is 0 Å². The van der Waals surface area contributed by atoms with Gasteiger partial charge in [0.2, 0.25) is 0 Å². The van der Waals surface area contributed by atoms with Gasteiger partial charge >= 0.3 is 5.97 Å². The Balaban J connectivity index is 2.39. The van der Waals surface area contributed by atoms with Gasteiger partial charge in [0, 0.05) is 18.2 Å². The van der Waals surface area contributed by atoms with Gasteiger partial charge in [0.05, 0.1) is 7.11 Å². The molecule has 0 aliphatic heterocycles. The molecule has 1 rings (SSSR count). The lowest BCUT2D eigenvalue weighted by Crippen LogP contribution is -2.35. The van der Waals surface area contributed by atoms with Crippen LogP contribution in [0.1, 0.15) is 39.5 Å². The number of rotatable bonds is 4. The second-order valence-corrected chi connectivity index (χ2v) is 5.23. The maximum Gasteiger partial charge on any atom is 0.333 e. The second-order valence-electron chi connectivity index (χ2n) is 5.23. The summed E-state index contributed by atoms with van der Waals surface area (Å²) in [4.78, 5) is 13.6. The van der Waals surface area contributed by atoms with Crippen LogP contribution in [-0.4, -0.2) is 37.6 Å². The van der Waals surface area contributed by atoms with E-state index in [0.29, 0.717) is 11.6 Å². The Hall–Kier alpha value is -0.830. The van der Waals surface area contributed by atoms with Crippen molar-refractivity contribution in [3.8, 4) is 0 Å². The summed E-state index contributed by atoms with van der Waals surface area (Å²) in [6.45, 7) is 4.97. The molecular formula is C14H25NO2. The average Bonchev–Trinajstić information content (AvgIpc) is 2.35. The fourth-order valence-electron chi connectivity index (χ4n) is 2.36. The highest BCUT2D eigenvalue weighted by Gasteiger charge is 2.20. The molecule has 0 amide bonds. The molecule has 0 aromatic carbocycles.